The fraction of sp³-hybridized carbons (Fsp3) is 0.125. The average molecular weight is 275 g/mol. The van der Waals surface area contributed by atoms with E-state index in [0.717, 1.165) is 16.3 Å². The number of thiophene rings is 1. The van der Waals surface area contributed by atoms with Crippen molar-refractivity contribution in [1.82, 2.24) is 9.71 Å². The number of hydrogen-bond donors (Lipinski definition) is 2. The van der Waals surface area contributed by atoms with Gasteiger partial charge in [-0.05, 0) is 6.07 Å². The predicted octanol–water partition coefficient (Wildman–Crippen LogP) is 1.27. The summed E-state index contributed by atoms with van der Waals surface area (Å²) < 4.78 is 26.2. The Labute approximate surface area is 101 Å². The van der Waals surface area contributed by atoms with Gasteiger partial charge >= 0.3 is 0 Å². The molecule has 0 bridgehead atoms. The zero-order chi connectivity index (χ0) is 11.6. The van der Waals surface area contributed by atoms with Crippen molar-refractivity contribution in [1.29, 1.82) is 0 Å². The number of thiazole rings is 1. The standard InChI is InChI=1S/C8H9N3O2S3/c9-6-3-8(15-5-6)16(12,13)11-4-7-10-1-2-14-7/h1-3,5,11H,4,9H2. The fourth-order valence-corrected chi connectivity index (χ4v) is 3.80. The Bertz CT molecular complexity index is 559. The molecular formula is C8H9N3O2S3. The van der Waals surface area contributed by atoms with Crippen LogP contribution in [-0.4, -0.2) is 13.4 Å². The van der Waals surface area contributed by atoms with Gasteiger partial charge in [0, 0.05) is 22.6 Å². The van der Waals surface area contributed by atoms with Gasteiger partial charge in [0.05, 0.1) is 6.54 Å². The Hall–Kier alpha value is -0.960. The average Bonchev–Trinajstić information content (AvgIpc) is 2.85. The molecule has 2 rings (SSSR count). The zero-order valence-electron chi connectivity index (χ0n) is 8.08. The first-order valence-electron chi connectivity index (χ1n) is 4.30. The third kappa shape index (κ3) is 2.59. The lowest BCUT2D eigenvalue weighted by Gasteiger charge is -2.01. The topological polar surface area (TPSA) is 85.1 Å². The van der Waals surface area contributed by atoms with Gasteiger partial charge in [-0.15, -0.1) is 22.7 Å². The Kier molecular flexibility index (Phi) is 3.24. The number of anilines is 1. The van der Waals surface area contributed by atoms with Crippen LogP contribution >= 0.6 is 22.7 Å². The van der Waals surface area contributed by atoms with Gasteiger partial charge in [-0.25, -0.2) is 18.1 Å². The second-order valence-corrected chi connectivity index (χ2v) is 6.83. The second kappa shape index (κ2) is 4.50. The largest absolute Gasteiger partial charge is 0.398 e. The Balaban J connectivity index is 2.09. The SMILES string of the molecule is Nc1csc(S(=O)(=O)NCc2nccs2)c1. The lowest BCUT2D eigenvalue weighted by Crippen LogP contribution is -2.22. The van der Waals surface area contributed by atoms with E-state index in [2.05, 4.69) is 9.71 Å². The number of sulfonamides is 1. The normalized spacial score (nSPS) is 11.8. The lowest BCUT2D eigenvalue weighted by atomic mass is 10.6. The number of nitrogens with two attached hydrogens (primary N) is 1. The highest BCUT2D eigenvalue weighted by Crippen LogP contribution is 2.21. The van der Waals surface area contributed by atoms with Crippen LogP contribution in [-0.2, 0) is 16.6 Å². The molecule has 0 atom stereocenters. The summed E-state index contributed by atoms with van der Waals surface area (Å²) in [6.07, 6.45) is 1.64. The Morgan fingerprint density at radius 3 is 2.81 bits per heavy atom. The molecule has 2 aromatic heterocycles. The summed E-state index contributed by atoms with van der Waals surface area (Å²) in [7, 11) is -3.46. The number of nitrogens with zero attached hydrogens (tertiary/aromatic N) is 1. The first-order chi connectivity index (χ1) is 7.58. The molecule has 0 saturated heterocycles. The molecular weight excluding hydrogens is 266 g/mol. The van der Waals surface area contributed by atoms with Crippen molar-refractivity contribution in [2.75, 3.05) is 5.73 Å². The van der Waals surface area contributed by atoms with Crippen molar-refractivity contribution in [3.8, 4) is 0 Å². The van der Waals surface area contributed by atoms with Gasteiger partial charge in [0.2, 0.25) is 0 Å². The monoisotopic (exact) mass is 275 g/mol. The van der Waals surface area contributed by atoms with Gasteiger partial charge in [0.15, 0.2) is 0 Å². The molecule has 8 heteroatoms. The van der Waals surface area contributed by atoms with Crippen LogP contribution in [0.5, 0.6) is 0 Å². The van der Waals surface area contributed by atoms with Crippen LogP contribution in [0.15, 0.2) is 27.2 Å². The molecule has 0 aliphatic rings. The second-order valence-electron chi connectivity index (χ2n) is 2.95. The van der Waals surface area contributed by atoms with Crippen LogP contribution in [0.1, 0.15) is 5.01 Å². The van der Waals surface area contributed by atoms with Gasteiger partial charge in [0.25, 0.3) is 10.0 Å². The van der Waals surface area contributed by atoms with E-state index in [1.807, 2.05) is 0 Å². The van der Waals surface area contributed by atoms with Crippen molar-refractivity contribution in [2.45, 2.75) is 10.8 Å². The van der Waals surface area contributed by atoms with Crippen LogP contribution in [0.4, 0.5) is 5.69 Å². The molecule has 16 heavy (non-hydrogen) atoms. The van der Waals surface area contributed by atoms with Gasteiger partial charge in [-0.2, -0.15) is 0 Å². The number of nitrogens with one attached hydrogen (secondary N) is 1. The van der Waals surface area contributed by atoms with Gasteiger partial charge < -0.3 is 5.73 Å². The van der Waals surface area contributed by atoms with Crippen LogP contribution < -0.4 is 10.5 Å². The summed E-state index contributed by atoms with van der Waals surface area (Å²) in [6.45, 7) is 0.206. The molecule has 0 saturated carbocycles. The van der Waals surface area contributed by atoms with Crippen LogP contribution in [0.3, 0.4) is 0 Å². The van der Waals surface area contributed by atoms with E-state index >= 15 is 0 Å². The summed E-state index contributed by atoms with van der Waals surface area (Å²) >= 11 is 2.51. The van der Waals surface area contributed by atoms with E-state index in [1.165, 1.54) is 17.4 Å². The van der Waals surface area contributed by atoms with Crippen molar-refractivity contribution in [2.24, 2.45) is 0 Å². The van der Waals surface area contributed by atoms with E-state index in [4.69, 9.17) is 5.73 Å². The minimum atomic E-state index is -3.46. The lowest BCUT2D eigenvalue weighted by molar-refractivity contribution is 0.583. The van der Waals surface area contributed by atoms with E-state index in [0.29, 0.717) is 5.69 Å². The molecule has 0 radical (unpaired) electrons. The summed E-state index contributed by atoms with van der Waals surface area (Å²) in [4.78, 5) is 3.99. The Morgan fingerprint density at radius 1 is 1.44 bits per heavy atom. The Morgan fingerprint density at radius 2 is 2.25 bits per heavy atom. The smallest absolute Gasteiger partial charge is 0.250 e. The summed E-state index contributed by atoms with van der Waals surface area (Å²) in [5.74, 6) is 0. The predicted molar refractivity (Wildman–Crippen MR) is 64.9 cm³/mol. The number of hydrogen-bond acceptors (Lipinski definition) is 6. The molecule has 5 nitrogen and oxygen atoms in total. The molecule has 0 aliphatic carbocycles. The summed E-state index contributed by atoms with van der Waals surface area (Å²) in [5, 5.41) is 4.12. The highest BCUT2D eigenvalue weighted by molar-refractivity contribution is 7.91. The minimum absolute atomic E-state index is 0.206. The fourth-order valence-electron chi connectivity index (χ4n) is 1.04. The molecule has 2 aromatic rings. The van der Waals surface area contributed by atoms with E-state index in [1.54, 1.807) is 17.0 Å². The van der Waals surface area contributed by atoms with Crippen LogP contribution in [0, 0.1) is 0 Å². The molecule has 2 heterocycles. The molecule has 86 valence electrons. The van der Waals surface area contributed by atoms with Gasteiger partial charge in [-0.1, -0.05) is 0 Å². The minimum Gasteiger partial charge on any atom is -0.398 e. The maximum absolute atomic E-state index is 11.8. The molecule has 3 N–H and O–H groups in total. The van der Waals surface area contributed by atoms with E-state index in [-0.39, 0.29) is 10.8 Å². The molecule has 0 fully saturated rings. The van der Waals surface area contributed by atoms with Crippen molar-refractivity contribution >= 4 is 38.4 Å². The number of aromatic nitrogens is 1. The number of rotatable bonds is 4. The van der Waals surface area contributed by atoms with E-state index in [9.17, 15) is 8.42 Å². The van der Waals surface area contributed by atoms with Crippen LogP contribution in [0.2, 0.25) is 0 Å². The van der Waals surface area contributed by atoms with Crippen molar-refractivity contribution in [3.05, 3.63) is 28.0 Å². The molecule has 0 amide bonds. The maximum Gasteiger partial charge on any atom is 0.250 e. The first kappa shape index (κ1) is 11.5. The van der Waals surface area contributed by atoms with Crippen LogP contribution in [0.25, 0.3) is 0 Å². The number of nitrogen functional groups attached to an aromatic ring is 1. The third-order valence-electron chi connectivity index (χ3n) is 1.76. The highest BCUT2D eigenvalue weighted by atomic mass is 32.2. The van der Waals surface area contributed by atoms with Crippen molar-refractivity contribution < 1.29 is 8.42 Å². The summed E-state index contributed by atoms with van der Waals surface area (Å²) in [5.41, 5.74) is 5.93. The molecule has 0 spiro atoms. The van der Waals surface area contributed by atoms with Gasteiger partial charge in [-0.3, -0.25) is 0 Å². The quantitative estimate of drug-likeness (QED) is 0.880. The molecule has 0 aliphatic heterocycles. The van der Waals surface area contributed by atoms with Crippen molar-refractivity contribution in [3.63, 3.8) is 0 Å². The zero-order valence-corrected chi connectivity index (χ0v) is 10.5. The van der Waals surface area contributed by atoms with E-state index < -0.39 is 10.0 Å². The maximum atomic E-state index is 11.8. The third-order valence-corrected chi connectivity index (χ3v) is 5.40. The highest BCUT2D eigenvalue weighted by Gasteiger charge is 2.16. The molecule has 0 aromatic carbocycles. The molecule has 0 unspecified atom stereocenters. The van der Waals surface area contributed by atoms with Gasteiger partial charge in [0.1, 0.15) is 9.22 Å². The summed E-state index contributed by atoms with van der Waals surface area (Å²) in [6, 6.07) is 1.44. The first-order valence-corrected chi connectivity index (χ1v) is 7.54.